The highest BCUT2D eigenvalue weighted by molar-refractivity contribution is 5.80. The number of aliphatic hydroxyl groups is 2. The van der Waals surface area contributed by atoms with Crippen molar-refractivity contribution in [2.75, 3.05) is 12.3 Å². The standard InChI is InChI=1S/C11H15N5O3/c12-11-15-8-4(2-13-9(8)10(19)16-11)5-1-7(18)6(3-17)14-5/h2,4-7,14,17-18H,1,3H2,(H3,12,15,16,19)/t4?,5-,6-,7+/m1/s1. The van der Waals surface area contributed by atoms with Crippen LogP contribution in [0.5, 0.6) is 0 Å². The van der Waals surface area contributed by atoms with Gasteiger partial charge in [-0.25, -0.2) is 4.98 Å². The molecule has 1 aromatic heterocycles. The lowest BCUT2D eigenvalue weighted by atomic mass is 9.96. The molecule has 0 radical (unpaired) electrons. The Morgan fingerprint density at radius 2 is 2.32 bits per heavy atom. The summed E-state index contributed by atoms with van der Waals surface area (Å²) in [6.07, 6.45) is 1.48. The molecule has 19 heavy (non-hydrogen) atoms. The topological polar surface area (TPSA) is 137 Å². The SMILES string of the molecule is Nc1nc2c(c(=O)[nH]1)N=CC2[C@H]1C[C@H](O)[C@@H](CO)N1. The molecule has 0 saturated carbocycles. The van der Waals surface area contributed by atoms with Crippen molar-refractivity contribution >= 4 is 17.9 Å². The Morgan fingerprint density at radius 1 is 1.53 bits per heavy atom. The van der Waals surface area contributed by atoms with E-state index in [4.69, 9.17) is 10.8 Å². The Morgan fingerprint density at radius 3 is 3.00 bits per heavy atom. The zero-order valence-corrected chi connectivity index (χ0v) is 10.1. The van der Waals surface area contributed by atoms with Crippen molar-refractivity contribution in [1.29, 1.82) is 0 Å². The van der Waals surface area contributed by atoms with Gasteiger partial charge < -0.3 is 21.3 Å². The lowest BCUT2D eigenvalue weighted by Crippen LogP contribution is -2.38. The average Bonchev–Trinajstić information content (AvgIpc) is 2.92. The lowest BCUT2D eigenvalue weighted by molar-refractivity contribution is 0.121. The molecular weight excluding hydrogens is 250 g/mol. The minimum Gasteiger partial charge on any atom is -0.395 e. The summed E-state index contributed by atoms with van der Waals surface area (Å²) in [5, 5.41) is 22.1. The van der Waals surface area contributed by atoms with Crippen LogP contribution in [0.1, 0.15) is 18.0 Å². The van der Waals surface area contributed by atoms with Gasteiger partial charge in [-0.15, -0.1) is 0 Å². The molecule has 0 amide bonds. The predicted octanol–water partition coefficient (Wildman–Crippen LogP) is -1.76. The summed E-state index contributed by atoms with van der Waals surface area (Å²) in [5.41, 5.74) is 5.96. The van der Waals surface area contributed by atoms with E-state index in [9.17, 15) is 9.90 Å². The first-order valence-corrected chi connectivity index (χ1v) is 6.09. The fourth-order valence-corrected chi connectivity index (χ4v) is 2.68. The number of hydrogen-bond acceptors (Lipinski definition) is 7. The smallest absolute Gasteiger partial charge is 0.278 e. The van der Waals surface area contributed by atoms with E-state index in [1.807, 2.05) is 0 Å². The van der Waals surface area contributed by atoms with Crippen LogP contribution in [-0.4, -0.2) is 51.2 Å². The summed E-state index contributed by atoms with van der Waals surface area (Å²) in [6.45, 7) is -0.140. The van der Waals surface area contributed by atoms with Crippen molar-refractivity contribution in [3.8, 4) is 0 Å². The minimum atomic E-state index is -0.619. The number of anilines is 1. The van der Waals surface area contributed by atoms with Gasteiger partial charge in [-0.3, -0.25) is 14.8 Å². The zero-order valence-electron chi connectivity index (χ0n) is 10.1. The third-order valence-electron chi connectivity index (χ3n) is 3.64. The van der Waals surface area contributed by atoms with Crippen LogP contribution in [0.2, 0.25) is 0 Å². The molecule has 102 valence electrons. The van der Waals surface area contributed by atoms with E-state index in [1.165, 1.54) is 0 Å². The molecule has 3 heterocycles. The van der Waals surface area contributed by atoms with Crippen LogP contribution in [-0.2, 0) is 0 Å². The van der Waals surface area contributed by atoms with Crippen LogP contribution in [0.4, 0.5) is 11.6 Å². The third-order valence-corrected chi connectivity index (χ3v) is 3.64. The van der Waals surface area contributed by atoms with Gasteiger partial charge in [-0.05, 0) is 6.42 Å². The van der Waals surface area contributed by atoms with Crippen LogP contribution >= 0.6 is 0 Å². The van der Waals surface area contributed by atoms with Gasteiger partial charge in [-0.2, -0.15) is 0 Å². The number of nitrogen functional groups attached to an aromatic ring is 1. The van der Waals surface area contributed by atoms with Crippen molar-refractivity contribution in [1.82, 2.24) is 15.3 Å². The Bertz CT molecular complexity index is 584. The third kappa shape index (κ3) is 1.93. The van der Waals surface area contributed by atoms with Crippen LogP contribution < -0.4 is 16.6 Å². The molecular formula is C11H15N5O3. The number of nitrogens with one attached hydrogen (secondary N) is 2. The summed E-state index contributed by atoms with van der Waals surface area (Å²) in [4.78, 5) is 22.3. The fourth-order valence-electron chi connectivity index (χ4n) is 2.68. The highest BCUT2D eigenvalue weighted by Gasteiger charge is 2.39. The van der Waals surface area contributed by atoms with Crippen LogP contribution in [0, 0.1) is 0 Å². The Balaban J connectivity index is 1.92. The molecule has 8 nitrogen and oxygen atoms in total. The van der Waals surface area contributed by atoms with E-state index >= 15 is 0 Å². The van der Waals surface area contributed by atoms with Crippen LogP contribution in [0.15, 0.2) is 9.79 Å². The van der Waals surface area contributed by atoms with Crippen LogP contribution in [0.25, 0.3) is 0 Å². The molecule has 8 heteroatoms. The molecule has 0 aromatic carbocycles. The number of rotatable bonds is 2. The first kappa shape index (κ1) is 12.3. The maximum Gasteiger partial charge on any atom is 0.278 e. The minimum absolute atomic E-state index is 0.0523. The molecule has 3 rings (SSSR count). The maximum absolute atomic E-state index is 11.7. The quantitative estimate of drug-likeness (QED) is 0.429. The number of nitrogens with zero attached hydrogens (tertiary/aromatic N) is 2. The number of hydrogen-bond donors (Lipinski definition) is 5. The predicted molar refractivity (Wildman–Crippen MR) is 68.6 cm³/mol. The number of nitrogens with two attached hydrogens (primary N) is 1. The van der Waals surface area contributed by atoms with Crippen molar-refractivity contribution in [2.24, 2.45) is 4.99 Å². The number of fused-ring (bicyclic) bond motifs is 1. The number of aromatic amines is 1. The zero-order chi connectivity index (χ0) is 13.6. The second-order valence-electron chi connectivity index (χ2n) is 4.85. The van der Waals surface area contributed by atoms with Crippen molar-refractivity contribution < 1.29 is 10.2 Å². The summed E-state index contributed by atoms with van der Waals surface area (Å²) in [7, 11) is 0. The molecule has 2 aliphatic rings. The van der Waals surface area contributed by atoms with Gasteiger partial charge in [-0.1, -0.05) is 0 Å². The summed E-state index contributed by atoms with van der Waals surface area (Å²) < 4.78 is 0. The molecule has 2 aliphatic heterocycles. The molecule has 0 bridgehead atoms. The number of H-pyrrole nitrogens is 1. The van der Waals surface area contributed by atoms with E-state index in [0.717, 1.165) is 0 Å². The molecule has 6 N–H and O–H groups in total. The first-order valence-electron chi connectivity index (χ1n) is 6.09. The van der Waals surface area contributed by atoms with Gasteiger partial charge in [0.25, 0.3) is 5.56 Å². The Hall–Kier alpha value is -1.77. The molecule has 0 aliphatic carbocycles. The molecule has 4 atom stereocenters. The highest BCUT2D eigenvalue weighted by atomic mass is 16.3. The average molecular weight is 265 g/mol. The highest BCUT2D eigenvalue weighted by Crippen LogP contribution is 2.33. The van der Waals surface area contributed by atoms with Gasteiger partial charge in [0.05, 0.1) is 30.4 Å². The summed E-state index contributed by atoms with van der Waals surface area (Å²) in [6, 6.07) is -0.479. The number of aliphatic imine (C=N–C) groups is 1. The molecule has 1 unspecified atom stereocenters. The normalized spacial score (nSPS) is 32.7. The van der Waals surface area contributed by atoms with E-state index in [2.05, 4.69) is 20.3 Å². The monoisotopic (exact) mass is 265 g/mol. The second-order valence-corrected chi connectivity index (χ2v) is 4.85. The first-order chi connectivity index (χ1) is 9.10. The van der Waals surface area contributed by atoms with Crippen molar-refractivity contribution in [3.63, 3.8) is 0 Å². The van der Waals surface area contributed by atoms with Gasteiger partial charge in [0.15, 0.2) is 5.69 Å². The lowest BCUT2D eigenvalue weighted by Gasteiger charge is -2.17. The van der Waals surface area contributed by atoms with Crippen LogP contribution in [0.3, 0.4) is 0 Å². The van der Waals surface area contributed by atoms with E-state index < -0.39 is 6.10 Å². The van der Waals surface area contributed by atoms with E-state index in [1.54, 1.807) is 6.21 Å². The van der Waals surface area contributed by atoms with Gasteiger partial charge in [0, 0.05) is 12.3 Å². The van der Waals surface area contributed by atoms with Crippen molar-refractivity contribution in [2.45, 2.75) is 30.5 Å². The largest absolute Gasteiger partial charge is 0.395 e. The maximum atomic E-state index is 11.7. The molecule has 1 aromatic rings. The Kier molecular flexibility index (Phi) is 2.85. The van der Waals surface area contributed by atoms with Gasteiger partial charge >= 0.3 is 0 Å². The van der Waals surface area contributed by atoms with Gasteiger partial charge in [0.2, 0.25) is 5.95 Å². The summed E-state index contributed by atoms with van der Waals surface area (Å²) >= 11 is 0. The van der Waals surface area contributed by atoms with Gasteiger partial charge in [0.1, 0.15) is 0 Å². The fraction of sp³-hybridized carbons (Fsp3) is 0.545. The second kappa shape index (κ2) is 4.41. The summed E-state index contributed by atoms with van der Waals surface area (Å²) in [5.74, 6) is -0.165. The van der Waals surface area contributed by atoms with Crippen molar-refractivity contribution in [3.05, 3.63) is 16.0 Å². The molecule has 0 spiro atoms. The molecule has 1 saturated heterocycles. The van der Waals surface area contributed by atoms with E-state index in [-0.39, 0.29) is 41.8 Å². The number of aliphatic hydroxyl groups excluding tert-OH is 2. The number of aromatic nitrogens is 2. The van der Waals surface area contributed by atoms with E-state index in [0.29, 0.717) is 12.1 Å². The Labute approximate surface area is 108 Å². The molecule has 1 fully saturated rings.